The summed E-state index contributed by atoms with van der Waals surface area (Å²) in [6.45, 7) is 5.14. The van der Waals surface area contributed by atoms with Crippen LogP contribution in [0, 0.1) is 0 Å². The molecule has 10 heteroatoms. The summed E-state index contributed by atoms with van der Waals surface area (Å²) >= 11 is 0. The normalized spacial score (nSPS) is 13.3. The highest BCUT2D eigenvalue weighted by atomic mass is 32.2. The van der Waals surface area contributed by atoms with Gasteiger partial charge in [0.2, 0.25) is 20.0 Å². The fourth-order valence-corrected chi connectivity index (χ4v) is 4.30. The van der Waals surface area contributed by atoms with Gasteiger partial charge < -0.3 is 5.32 Å². The van der Waals surface area contributed by atoms with E-state index in [2.05, 4.69) is 10.0 Å². The number of hydrogen-bond acceptors (Lipinski definition) is 5. The Kier molecular flexibility index (Phi) is 6.60. The summed E-state index contributed by atoms with van der Waals surface area (Å²) < 4.78 is 49.6. The molecule has 2 rings (SSSR count). The topological polar surface area (TPSA) is 135 Å². The van der Waals surface area contributed by atoms with Gasteiger partial charge >= 0.3 is 0 Å². The first kappa shape index (κ1) is 22.0. The van der Waals surface area contributed by atoms with E-state index in [1.54, 1.807) is 32.9 Å². The van der Waals surface area contributed by atoms with Gasteiger partial charge in [-0.25, -0.2) is 26.7 Å². The third-order valence-electron chi connectivity index (χ3n) is 3.85. The first-order valence-corrected chi connectivity index (χ1v) is 11.5. The molecular weight excluding hydrogens is 402 g/mol. The summed E-state index contributed by atoms with van der Waals surface area (Å²) in [6.07, 6.45) is 0. The monoisotopic (exact) mass is 425 g/mol. The lowest BCUT2D eigenvalue weighted by molar-refractivity contribution is 0.0939. The summed E-state index contributed by atoms with van der Waals surface area (Å²) in [6, 6.07) is 10.8. The number of amides is 1. The van der Waals surface area contributed by atoms with Crippen molar-refractivity contribution < 1.29 is 21.6 Å². The fourth-order valence-electron chi connectivity index (χ4n) is 2.49. The van der Waals surface area contributed by atoms with Crippen LogP contribution in [0.2, 0.25) is 0 Å². The van der Waals surface area contributed by atoms with E-state index in [0.717, 1.165) is 0 Å². The molecule has 0 radical (unpaired) electrons. The van der Waals surface area contributed by atoms with Gasteiger partial charge in [-0.2, -0.15) is 0 Å². The van der Waals surface area contributed by atoms with Crippen molar-refractivity contribution in [2.24, 2.45) is 5.14 Å². The highest BCUT2D eigenvalue weighted by molar-refractivity contribution is 7.89. The second-order valence-corrected chi connectivity index (χ2v) is 9.89. The minimum Gasteiger partial charge on any atom is -0.346 e. The molecule has 28 heavy (non-hydrogen) atoms. The largest absolute Gasteiger partial charge is 0.346 e. The van der Waals surface area contributed by atoms with Crippen molar-refractivity contribution in [3.8, 4) is 0 Å². The number of sulfonamides is 2. The van der Waals surface area contributed by atoms with E-state index in [-0.39, 0.29) is 21.4 Å². The van der Waals surface area contributed by atoms with Gasteiger partial charge in [-0.15, -0.1) is 0 Å². The van der Waals surface area contributed by atoms with Crippen molar-refractivity contribution in [2.45, 2.75) is 42.6 Å². The number of carbonyl (C=O) groups is 1. The van der Waals surface area contributed by atoms with Crippen LogP contribution in [0.4, 0.5) is 0 Å². The van der Waals surface area contributed by atoms with Gasteiger partial charge in [0, 0.05) is 11.6 Å². The molecule has 0 aliphatic carbocycles. The number of nitrogens with one attached hydrogen (secondary N) is 2. The average molecular weight is 426 g/mol. The maximum atomic E-state index is 12.5. The summed E-state index contributed by atoms with van der Waals surface area (Å²) in [5.41, 5.74) is 0.866. The highest BCUT2D eigenvalue weighted by Crippen LogP contribution is 2.17. The summed E-state index contributed by atoms with van der Waals surface area (Å²) in [5.74, 6) is -0.454. The molecule has 1 atom stereocenters. The minimum absolute atomic E-state index is 0.000918. The number of primary sulfonamides is 1. The van der Waals surface area contributed by atoms with Crippen molar-refractivity contribution in [1.29, 1.82) is 0 Å². The molecule has 4 N–H and O–H groups in total. The molecule has 0 bridgehead atoms. The zero-order valence-corrected chi connectivity index (χ0v) is 17.3. The number of hydrogen-bond donors (Lipinski definition) is 3. The Morgan fingerprint density at radius 1 is 0.929 bits per heavy atom. The second kappa shape index (κ2) is 8.39. The van der Waals surface area contributed by atoms with E-state index < -0.39 is 32.0 Å². The lowest BCUT2D eigenvalue weighted by Crippen LogP contribution is -2.31. The van der Waals surface area contributed by atoms with E-state index >= 15 is 0 Å². The van der Waals surface area contributed by atoms with Gasteiger partial charge in [-0.05, 0) is 56.7 Å². The van der Waals surface area contributed by atoms with Crippen molar-refractivity contribution in [3.05, 3.63) is 59.7 Å². The maximum absolute atomic E-state index is 12.5. The predicted octanol–water partition coefficient (Wildman–Crippen LogP) is 1.51. The summed E-state index contributed by atoms with van der Waals surface area (Å²) in [4.78, 5) is 12.5. The Morgan fingerprint density at radius 3 is 2.07 bits per heavy atom. The minimum atomic E-state index is -3.79. The second-order valence-electron chi connectivity index (χ2n) is 6.61. The van der Waals surface area contributed by atoms with Crippen LogP contribution in [0.5, 0.6) is 0 Å². The number of carbonyl (C=O) groups excluding carboxylic acids is 1. The molecule has 1 amide bonds. The molecule has 2 aromatic carbocycles. The van der Waals surface area contributed by atoms with Crippen molar-refractivity contribution in [2.75, 3.05) is 0 Å². The van der Waals surface area contributed by atoms with Crippen LogP contribution in [0.1, 0.15) is 42.7 Å². The zero-order valence-electron chi connectivity index (χ0n) is 15.7. The molecule has 1 unspecified atom stereocenters. The SMILES string of the molecule is CC(C)NS(=O)(=O)c1cccc(C(=O)NC(C)c2ccc(S(N)(=O)=O)cc2)c1. The van der Waals surface area contributed by atoms with Crippen molar-refractivity contribution in [1.82, 2.24) is 10.0 Å². The van der Waals surface area contributed by atoms with Crippen LogP contribution in [0.15, 0.2) is 58.3 Å². The Bertz CT molecular complexity index is 1060. The highest BCUT2D eigenvalue weighted by Gasteiger charge is 2.18. The molecule has 0 saturated heterocycles. The molecular formula is C18H23N3O5S2. The Morgan fingerprint density at radius 2 is 1.54 bits per heavy atom. The van der Waals surface area contributed by atoms with Gasteiger partial charge in [-0.3, -0.25) is 4.79 Å². The Labute approximate surface area is 165 Å². The Hall–Kier alpha value is -2.27. The third kappa shape index (κ3) is 5.61. The van der Waals surface area contributed by atoms with Crippen LogP contribution < -0.4 is 15.2 Å². The van der Waals surface area contributed by atoms with Crippen LogP contribution in [0.3, 0.4) is 0 Å². The molecule has 152 valence electrons. The zero-order chi connectivity index (χ0) is 21.1. The molecule has 8 nitrogen and oxygen atoms in total. The van der Waals surface area contributed by atoms with Crippen LogP contribution in [-0.4, -0.2) is 28.8 Å². The van der Waals surface area contributed by atoms with E-state index in [9.17, 15) is 21.6 Å². The Balaban J connectivity index is 2.18. The predicted molar refractivity (Wildman–Crippen MR) is 106 cm³/mol. The van der Waals surface area contributed by atoms with Gasteiger partial charge in [0.15, 0.2) is 0 Å². The standard InChI is InChI=1S/C18H23N3O5S2/c1-12(2)21-28(25,26)17-6-4-5-15(11-17)18(22)20-13(3)14-7-9-16(10-8-14)27(19,23)24/h4-13,21H,1-3H3,(H,20,22)(H2,19,23,24). The van der Waals surface area contributed by atoms with Crippen LogP contribution >= 0.6 is 0 Å². The van der Waals surface area contributed by atoms with Crippen LogP contribution in [0.25, 0.3) is 0 Å². The van der Waals surface area contributed by atoms with Gasteiger partial charge in [0.05, 0.1) is 15.8 Å². The van der Waals surface area contributed by atoms with Crippen molar-refractivity contribution >= 4 is 26.0 Å². The van der Waals surface area contributed by atoms with Crippen molar-refractivity contribution in [3.63, 3.8) is 0 Å². The molecule has 0 heterocycles. The molecule has 0 aromatic heterocycles. The fraction of sp³-hybridized carbons (Fsp3) is 0.278. The first-order valence-electron chi connectivity index (χ1n) is 8.46. The quantitative estimate of drug-likeness (QED) is 0.618. The maximum Gasteiger partial charge on any atom is 0.251 e. The van der Waals surface area contributed by atoms with E-state index in [4.69, 9.17) is 5.14 Å². The van der Waals surface area contributed by atoms with Gasteiger partial charge in [-0.1, -0.05) is 18.2 Å². The number of benzene rings is 2. The van der Waals surface area contributed by atoms with Gasteiger partial charge in [0.25, 0.3) is 5.91 Å². The smallest absolute Gasteiger partial charge is 0.251 e. The number of rotatable bonds is 7. The molecule has 0 spiro atoms. The lowest BCUT2D eigenvalue weighted by Gasteiger charge is -2.15. The van der Waals surface area contributed by atoms with Crippen LogP contribution in [-0.2, 0) is 20.0 Å². The van der Waals surface area contributed by atoms with E-state index in [0.29, 0.717) is 5.56 Å². The third-order valence-corrected chi connectivity index (χ3v) is 6.44. The molecule has 0 aliphatic rings. The first-order chi connectivity index (χ1) is 12.9. The number of nitrogens with two attached hydrogens (primary N) is 1. The van der Waals surface area contributed by atoms with Gasteiger partial charge in [0.1, 0.15) is 0 Å². The molecule has 2 aromatic rings. The summed E-state index contributed by atoms with van der Waals surface area (Å²) in [7, 11) is -7.50. The lowest BCUT2D eigenvalue weighted by atomic mass is 10.1. The molecule has 0 fully saturated rings. The van der Waals surface area contributed by atoms with E-state index in [1.165, 1.54) is 36.4 Å². The van der Waals surface area contributed by atoms with E-state index in [1.807, 2.05) is 0 Å². The average Bonchev–Trinajstić information content (AvgIpc) is 2.60. The molecule has 0 saturated carbocycles. The summed E-state index contributed by atoms with van der Waals surface area (Å²) in [5, 5.41) is 7.82. The molecule has 0 aliphatic heterocycles.